The smallest absolute Gasteiger partial charge is 0.344 e. The monoisotopic (exact) mass is 292 g/mol. The molecule has 3 nitrogen and oxygen atoms in total. The second-order valence-corrected chi connectivity index (χ2v) is 4.45. The molecule has 82 valence electrons. The van der Waals surface area contributed by atoms with E-state index < -0.39 is 12.1 Å². The van der Waals surface area contributed by atoms with E-state index in [1.807, 2.05) is 6.07 Å². The lowest BCUT2D eigenvalue weighted by atomic mass is 10.2. The summed E-state index contributed by atoms with van der Waals surface area (Å²) in [5, 5.41) is 9.10. The van der Waals surface area contributed by atoms with E-state index in [0.29, 0.717) is 10.8 Å². The molecule has 1 N–H and O–H groups in total. The lowest BCUT2D eigenvalue weighted by Gasteiger charge is -2.14. The molecule has 1 aromatic carbocycles. The molecule has 0 aliphatic heterocycles. The summed E-state index contributed by atoms with van der Waals surface area (Å²) >= 11 is 9.22. The van der Waals surface area contributed by atoms with Crippen LogP contribution in [-0.2, 0) is 4.79 Å². The van der Waals surface area contributed by atoms with Gasteiger partial charge in [-0.1, -0.05) is 27.5 Å². The van der Waals surface area contributed by atoms with E-state index in [-0.39, 0.29) is 0 Å². The summed E-state index contributed by atoms with van der Waals surface area (Å²) < 4.78 is 6.07. The normalized spacial score (nSPS) is 12.3. The Balaban J connectivity index is 3.00. The van der Waals surface area contributed by atoms with Gasteiger partial charge in [0.2, 0.25) is 0 Å². The summed E-state index contributed by atoms with van der Waals surface area (Å²) in [6.07, 6.45) is -0.914. The van der Waals surface area contributed by atoms with Crippen LogP contribution in [0.4, 0.5) is 0 Å². The Bertz CT molecular complexity index is 369. The summed E-state index contributed by atoms with van der Waals surface area (Å²) in [4.78, 5) is 10.6. The second kappa shape index (κ2) is 4.86. The number of aryl methyl sites for hydroxylation is 1. The zero-order valence-corrected chi connectivity index (χ0v) is 10.6. The standard InChI is InChI=1S/C10H10BrClO3/c1-5-3-7(11)4-8(12)9(5)15-6(2)10(13)14/h3-4,6H,1-2H3,(H,13,14)/t6-/m0/s1. The average Bonchev–Trinajstić information content (AvgIpc) is 2.10. The van der Waals surface area contributed by atoms with Gasteiger partial charge in [-0.3, -0.25) is 0 Å². The fourth-order valence-electron chi connectivity index (χ4n) is 1.07. The topological polar surface area (TPSA) is 46.5 Å². The van der Waals surface area contributed by atoms with Crippen molar-refractivity contribution in [1.82, 2.24) is 0 Å². The van der Waals surface area contributed by atoms with Crippen molar-refractivity contribution in [2.24, 2.45) is 0 Å². The van der Waals surface area contributed by atoms with E-state index in [4.69, 9.17) is 21.4 Å². The quantitative estimate of drug-likeness (QED) is 0.930. The minimum atomic E-state index is -1.02. The van der Waals surface area contributed by atoms with Crippen molar-refractivity contribution in [3.8, 4) is 5.75 Å². The highest BCUT2D eigenvalue weighted by Crippen LogP contribution is 2.32. The zero-order chi connectivity index (χ0) is 11.6. The highest BCUT2D eigenvalue weighted by molar-refractivity contribution is 9.10. The van der Waals surface area contributed by atoms with Crippen LogP contribution in [0.3, 0.4) is 0 Å². The van der Waals surface area contributed by atoms with Crippen molar-refractivity contribution in [1.29, 1.82) is 0 Å². The number of halogens is 2. The molecule has 5 heteroatoms. The van der Waals surface area contributed by atoms with E-state index in [1.165, 1.54) is 6.92 Å². The molecule has 0 unspecified atom stereocenters. The first-order chi connectivity index (χ1) is 6.91. The number of benzene rings is 1. The van der Waals surface area contributed by atoms with Crippen LogP contribution >= 0.6 is 27.5 Å². The molecule has 0 saturated carbocycles. The highest BCUT2D eigenvalue weighted by Gasteiger charge is 2.16. The summed E-state index contributed by atoms with van der Waals surface area (Å²) in [5.74, 6) is -0.608. The SMILES string of the molecule is Cc1cc(Br)cc(Cl)c1O[C@@H](C)C(=O)O. The Morgan fingerprint density at radius 2 is 2.20 bits per heavy atom. The van der Waals surface area contributed by atoms with Crippen LogP contribution in [-0.4, -0.2) is 17.2 Å². The van der Waals surface area contributed by atoms with Crippen molar-refractivity contribution in [3.05, 3.63) is 27.2 Å². The maximum Gasteiger partial charge on any atom is 0.344 e. The largest absolute Gasteiger partial charge is 0.479 e. The molecular formula is C10H10BrClO3. The van der Waals surface area contributed by atoms with Gasteiger partial charge in [-0.05, 0) is 31.5 Å². The van der Waals surface area contributed by atoms with Gasteiger partial charge in [0.25, 0.3) is 0 Å². The summed E-state index contributed by atoms with van der Waals surface area (Å²) in [5.41, 5.74) is 0.794. The number of carboxylic acids is 1. The predicted octanol–water partition coefficient (Wildman–Crippen LogP) is 3.26. The molecule has 0 radical (unpaired) electrons. The molecule has 0 aliphatic rings. The number of ether oxygens (including phenoxy) is 1. The summed E-state index contributed by atoms with van der Waals surface area (Å²) in [6, 6.07) is 3.48. The Morgan fingerprint density at radius 3 is 2.67 bits per heavy atom. The maximum atomic E-state index is 10.6. The van der Waals surface area contributed by atoms with Crippen molar-refractivity contribution < 1.29 is 14.6 Å². The highest BCUT2D eigenvalue weighted by atomic mass is 79.9. The molecule has 0 spiro atoms. The van der Waals surface area contributed by atoms with Crippen LogP contribution in [0, 0.1) is 6.92 Å². The Morgan fingerprint density at radius 1 is 1.60 bits per heavy atom. The zero-order valence-electron chi connectivity index (χ0n) is 8.25. The maximum absolute atomic E-state index is 10.6. The van der Waals surface area contributed by atoms with Crippen LogP contribution in [0.15, 0.2) is 16.6 Å². The molecule has 15 heavy (non-hydrogen) atoms. The fourth-order valence-corrected chi connectivity index (χ4v) is 2.08. The number of rotatable bonds is 3. The molecular weight excluding hydrogens is 283 g/mol. The van der Waals surface area contributed by atoms with Crippen molar-refractivity contribution in [3.63, 3.8) is 0 Å². The van der Waals surface area contributed by atoms with Crippen molar-refractivity contribution >= 4 is 33.5 Å². The Hall–Kier alpha value is -0.740. The first-order valence-electron chi connectivity index (χ1n) is 4.27. The Labute approximate surface area is 101 Å². The molecule has 0 aromatic heterocycles. The minimum Gasteiger partial charge on any atom is -0.479 e. The number of hydrogen-bond acceptors (Lipinski definition) is 2. The lowest BCUT2D eigenvalue weighted by Crippen LogP contribution is -2.23. The molecule has 0 bridgehead atoms. The average molecular weight is 294 g/mol. The number of carbonyl (C=O) groups is 1. The van der Waals surface area contributed by atoms with Gasteiger partial charge in [-0.15, -0.1) is 0 Å². The molecule has 1 aromatic rings. The van der Waals surface area contributed by atoms with Crippen LogP contribution in [0.1, 0.15) is 12.5 Å². The molecule has 1 atom stereocenters. The third-order valence-corrected chi connectivity index (χ3v) is 2.58. The summed E-state index contributed by atoms with van der Waals surface area (Å²) in [6.45, 7) is 3.26. The van der Waals surface area contributed by atoms with Gasteiger partial charge in [0.05, 0.1) is 5.02 Å². The molecule has 0 fully saturated rings. The molecule has 0 heterocycles. The molecule has 1 rings (SSSR count). The molecule has 0 saturated heterocycles. The second-order valence-electron chi connectivity index (χ2n) is 3.13. The summed E-state index contributed by atoms with van der Waals surface area (Å²) in [7, 11) is 0. The molecule has 0 amide bonds. The third kappa shape index (κ3) is 3.11. The van der Waals surface area contributed by atoms with Crippen molar-refractivity contribution in [2.75, 3.05) is 0 Å². The third-order valence-electron chi connectivity index (χ3n) is 1.84. The van der Waals surface area contributed by atoms with Gasteiger partial charge in [-0.2, -0.15) is 0 Å². The van der Waals surface area contributed by atoms with E-state index in [0.717, 1.165) is 10.0 Å². The van der Waals surface area contributed by atoms with Crippen LogP contribution < -0.4 is 4.74 Å². The van der Waals surface area contributed by atoms with Gasteiger partial charge >= 0.3 is 5.97 Å². The van der Waals surface area contributed by atoms with Gasteiger partial charge in [0.1, 0.15) is 5.75 Å². The van der Waals surface area contributed by atoms with E-state index in [9.17, 15) is 4.79 Å². The van der Waals surface area contributed by atoms with Crippen LogP contribution in [0.2, 0.25) is 5.02 Å². The first kappa shape index (κ1) is 12.3. The van der Waals surface area contributed by atoms with Gasteiger partial charge in [-0.25, -0.2) is 4.79 Å². The predicted molar refractivity (Wildman–Crippen MR) is 61.6 cm³/mol. The first-order valence-corrected chi connectivity index (χ1v) is 5.44. The fraction of sp³-hybridized carbons (Fsp3) is 0.300. The number of hydrogen-bond donors (Lipinski definition) is 1. The van der Waals surface area contributed by atoms with Crippen LogP contribution in [0.25, 0.3) is 0 Å². The van der Waals surface area contributed by atoms with E-state index >= 15 is 0 Å². The lowest BCUT2D eigenvalue weighted by molar-refractivity contribution is -0.144. The number of carboxylic acid groups (broad SMARTS) is 1. The number of aliphatic carboxylic acids is 1. The van der Waals surface area contributed by atoms with E-state index in [2.05, 4.69) is 15.9 Å². The van der Waals surface area contributed by atoms with Gasteiger partial charge in [0, 0.05) is 4.47 Å². The minimum absolute atomic E-state index is 0.398. The molecule has 0 aliphatic carbocycles. The van der Waals surface area contributed by atoms with Crippen molar-refractivity contribution in [2.45, 2.75) is 20.0 Å². The van der Waals surface area contributed by atoms with E-state index in [1.54, 1.807) is 13.0 Å². The Kier molecular flexibility index (Phi) is 3.99. The van der Waals surface area contributed by atoms with Crippen LogP contribution in [0.5, 0.6) is 5.75 Å². The van der Waals surface area contributed by atoms with Gasteiger partial charge in [0.15, 0.2) is 6.10 Å². The van der Waals surface area contributed by atoms with Gasteiger partial charge < -0.3 is 9.84 Å².